The lowest BCUT2D eigenvalue weighted by Crippen LogP contribution is -2.48. The summed E-state index contributed by atoms with van der Waals surface area (Å²) >= 11 is 0. The number of phosphoric acid groups is 2. The highest BCUT2D eigenvalue weighted by molar-refractivity contribution is 8.77. The fraction of sp³-hybridized carbons (Fsp3) is 0.578. The van der Waals surface area contributed by atoms with Crippen molar-refractivity contribution in [3.8, 4) is 0 Å². The number of alkyl carbamates (subject to hydrolysis) is 2. The SMILES string of the molecule is CC(C)(C)OC(=O)N[C@@H](CCCCNC(=O)C(CSSC(C)(C)C)NC(=O)OCc1ccc(N=[N+]=[N-])cc1)C(=O)O[C@H]1[C@@H](O)[C@H](n2cnc3c(N)ncnc32)O[C@@H]1COP(=O)(O)O[C@H]1C[C@H](n2ccc(N)nc2=O)O[C@@H]1COP(=O)(O)O. The van der Waals surface area contributed by atoms with Gasteiger partial charge in [0.1, 0.15) is 72.6 Å². The summed E-state index contributed by atoms with van der Waals surface area (Å²) in [6.07, 6.45) is -9.60. The Labute approximate surface area is 475 Å². The maximum absolute atomic E-state index is 14.3. The molecule has 4 aromatic rings. The Kier molecular flexibility index (Phi) is 22.5. The van der Waals surface area contributed by atoms with Gasteiger partial charge in [-0.05, 0) is 57.2 Å². The largest absolute Gasteiger partial charge is 0.472 e. The van der Waals surface area contributed by atoms with Gasteiger partial charge in [-0.3, -0.25) is 27.5 Å². The fourth-order valence-corrected chi connectivity index (χ4v) is 11.6. The zero-order valence-corrected chi connectivity index (χ0v) is 48.4. The number of aliphatic hydroxyl groups excluding tert-OH is 1. The van der Waals surface area contributed by atoms with E-state index in [4.69, 9.17) is 49.7 Å². The van der Waals surface area contributed by atoms with Gasteiger partial charge in [-0.25, -0.2) is 43.3 Å². The van der Waals surface area contributed by atoms with Gasteiger partial charge < -0.3 is 70.9 Å². The summed E-state index contributed by atoms with van der Waals surface area (Å²) < 4.78 is 71.3. The summed E-state index contributed by atoms with van der Waals surface area (Å²) in [5.74, 6) is -1.70. The van der Waals surface area contributed by atoms with Crippen LogP contribution in [0.3, 0.4) is 0 Å². The monoisotopic (exact) mass is 1230 g/mol. The molecule has 2 saturated heterocycles. The summed E-state index contributed by atoms with van der Waals surface area (Å²) in [7, 11) is -7.60. The smallest absolute Gasteiger partial charge is 0.455 e. The number of imidazole rings is 1. The topological polar surface area (TPSA) is 473 Å². The Morgan fingerprint density at radius 1 is 0.939 bits per heavy atom. The first-order chi connectivity index (χ1) is 38.5. The van der Waals surface area contributed by atoms with E-state index >= 15 is 0 Å². The molecule has 0 saturated carbocycles. The maximum atomic E-state index is 14.3. The van der Waals surface area contributed by atoms with Crippen LogP contribution < -0.4 is 33.1 Å². The minimum Gasteiger partial charge on any atom is -0.455 e. The number of ether oxygens (including phenoxy) is 5. The molecule has 2 aliphatic heterocycles. The average molecular weight is 1230 g/mol. The van der Waals surface area contributed by atoms with E-state index in [1.807, 2.05) is 20.8 Å². The summed E-state index contributed by atoms with van der Waals surface area (Å²) in [6, 6.07) is 5.04. The number of carbonyl (C=O) groups excluding carboxylic acids is 4. The molecule has 10 atom stereocenters. The van der Waals surface area contributed by atoms with E-state index < -0.39 is 126 Å². The van der Waals surface area contributed by atoms with Gasteiger partial charge in [-0.1, -0.05) is 71.7 Å². The molecule has 37 heteroatoms. The third-order valence-electron chi connectivity index (χ3n) is 11.5. The molecule has 5 heterocycles. The molecule has 6 rings (SSSR count). The van der Waals surface area contributed by atoms with Crippen LogP contribution in [0.1, 0.15) is 85.2 Å². The Morgan fingerprint density at radius 3 is 2.32 bits per heavy atom. The lowest BCUT2D eigenvalue weighted by atomic mass is 10.1. The number of esters is 1. The van der Waals surface area contributed by atoms with Gasteiger partial charge in [0.25, 0.3) is 0 Å². The van der Waals surface area contributed by atoms with Crippen LogP contribution in [0.2, 0.25) is 0 Å². The molecule has 33 nitrogen and oxygen atoms in total. The first-order valence-electron chi connectivity index (χ1n) is 25.0. The third-order valence-corrected chi connectivity index (χ3v) is 16.3. The zero-order valence-electron chi connectivity index (χ0n) is 45.0. The van der Waals surface area contributed by atoms with Crippen molar-refractivity contribution in [1.29, 1.82) is 0 Å². The number of fused-ring (bicyclic) bond motifs is 1. The van der Waals surface area contributed by atoms with E-state index in [0.717, 1.165) is 10.9 Å². The second-order valence-electron chi connectivity index (χ2n) is 20.2. The minimum atomic E-state index is -5.33. The summed E-state index contributed by atoms with van der Waals surface area (Å²) in [5, 5.41) is 23.3. The van der Waals surface area contributed by atoms with Crippen molar-refractivity contribution >= 4 is 89.8 Å². The first-order valence-corrected chi connectivity index (χ1v) is 30.3. The van der Waals surface area contributed by atoms with E-state index in [-0.39, 0.29) is 65.7 Å². The van der Waals surface area contributed by atoms with Gasteiger partial charge in [-0.15, -0.1) is 0 Å². The number of unbranched alkanes of at least 4 members (excludes halogenated alkanes) is 1. The molecular formula is C45H64N14O19P2S2. The quantitative estimate of drug-likeness (QED) is 0.00629. The Morgan fingerprint density at radius 2 is 1.65 bits per heavy atom. The van der Waals surface area contributed by atoms with Crippen LogP contribution in [0.5, 0.6) is 0 Å². The molecule has 3 aromatic heterocycles. The second kappa shape index (κ2) is 28.4. The van der Waals surface area contributed by atoms with Gasteiger partial charge in [0.05, 0.1) is 19.5 Å². The Balaban J connectivity index is 1.15. The molecule has 2 aliphatic rings. The summed E-state index contributed by atoms with van der Waals surface area (Å²) in [4.78, 5) is 115. The number of nitrogens with two attached hydrogens (primary N) is 2. The molecule has 450 valence electrons. The van der Waals surface area contributed by atoms with E-state index in [1.165, 1.54) is 44.7 Å². The molecule has 0 spiro atoms. The average Bonchev–Trinajstić information content (AvgIpc) is 4.27. The van der Waals surface area contributed by atoms with Crippen molar-refractivity contribution in [3.63, 3.8) is 0 Å². The number of carbonyl (C=O) groups is 4. The number of hydrogen-bond acceptors (Lipinski definition) is 25. The van der Waals surface area contributed by atoms with Crippen molar-refractivity contribution < 1.29 is 85.4 Å². The molecule has 82 heavy (non-hydrogen) atoms. The van der Waals surface area contributed by atoms with E-state index in [0.29, 0.717) is 11.3 Å². The predicted molar refractivity (Wildman–Crippen MR) is 292 cm³/mol. The van der Waals surface area contributed by atoms with Crippen LogP contribution in [-0.2, 0) is 62.6 Å². The van der Waals surface area contributed by atoms with Crippen LogP contribution in [0, 0.1) is 0 Å². The highest BCUT2D eigenvalue weighted by Gasteiger charge is 2.50. The number of aromatic nitrogens is 6. The van der Waals surface area contributed by atoms with E-state index in [2.05, 4.69) is 50.4 Å². The normalized spacial score (nSPS) is 21.6. The number of hydrogen-bond donors (Lipinski definition) is 9. The van der Waals surface area contributed by atoms with Crippen molar-refractivity contribution in [3.05, 3.63) is 75.7 Å². The van der Waals surface area contributed by atoms with Crippen LogP contribution in [0.15, 0.2) is 59.1 Å². The van der Waals surface area contributed by atoms with E-state index in [1.54, 1.807) is 45.0 Å². The number of amides is 3. The molecular weight excluding hydrogens is 1170 g/mol. The highest BCUT2D eigenvalue weighted by Crippen LogP contribution is 2.50. The van der Waals surface area contributed by atoms with Crippen molar-refractivity contribution in [2.75, 3.05) is 37.0 Å². The zero-order chi connectivity index (χ0) is 60.2. The number of rotatable bonds is 26. The fourth-order valence-electron chi connectivity index (χ4n) is 7.83. The molecule has 0 bridgehead atoms. The Hall–Kier alpha value is -6.16. The van der Waals surface area contributed by atoms with Gasteiger partial charge in [0.2, 0.25) is 5.91 Å². The van der Waals surface area contributed by atoms with Gasteiger partial charge in [0.15, 0.2) is 23.8 Å². The minimum absolute atomic E-state index is 0.0313. The third kappa shape index (κ3) is 19.8. The maximum Gasteiger partial charge on any atom is 0.472 e. The van der Waals surface area contributed by atoms with Crippen LogP contribution in [0.25, 0.3) is 21.6 Å². The first kappa shape index (κ1) is 65.0. The van der Waals surface area contributed by atoms with E-state index in [9.17, 15) is 52.9 Å². The van der Waals surface area contributed by atoms with Crippen molar-refractivity contribution in [1.82, 2.24) is 45.0 Å². The number of nitrogens with zero attached hydrogens (tertiary/aromatic N) is 9. The molecule has 1 aromatic carbocycles. The summed E-state index contributed by atoms with van der Waals surface area (Å²) in [5.41, 5.74) is 19.5. The summed E-state index contributed by atoms with van der Waals surface area (Å²) in [6.45, 7) is 8.74. The number of benzene rings is 1. The van der Waals surface area contributed by atoms with Crippen LogP contribution >= 0.6 is 37.2 Å². The van der Waals surface area contributed by atoms with Crippen LogP contribution in [0.4, 0.5) is 26.9 Å². The number of azide groups is 1. The second-order valence-corrected chi connectivity index (χ2v) is 26.0. The number of phosphoric ester groups is 2. The number of aliphatic hydroxyl groups is 1. The van der Waals surface area contributed by atoms with Crippen LogP contribution in [-0.4, -0.2) is 151 Å². The Bertz CT molecular complexity index is 3080. The number of nitrogens with one attached hydrogen (secondary N) is 3. The lowest BCUT2D eigenvalue weighted by molar-refractivity contribution is -0.159. The molecule has 3 amide bonds. The van der Waals surface area contributed by atoms with Crippen molar-refractivity contribution in [2.45, 2.75) is 139 Å². The highest BCUT2D eigenvalue weighted by atomic mass is 33.1. The molecule has 2 unspecified atom stereocenters. The van der Waals surface area contributed by atoms with Gasteiger partial charge in [-0.2, -0.15) is 4.98 Å². The van der Waals surface area contributed by atoms with Gasteiger partial charge in [0, 0.05) is 40.3 Å². The molecule has 2 fully saturated rings. The molecule has 11 N–H and O–H groups in total. The molecule has 0 radical (unpaired) electrons. The lowest BCUT2D eigenvalue weighted by Gasteiger charge is -2.26. The van der Waals surface area contributed by atoms with Crippen molar-refractivity contribution in [2.24, 2.45) is 5.11 Å². The predicted octanol–water partition coefficient (Wildman–Crippen LogP) is 3.91. The molecule has 0 aliphatic carbocycles. The van der Waals surface area contributed by atoms with Gasteiger partial charge >= 0.3 is 39.5 Å². The standard InChI is InChI=1S/C45H64N14O19P2S2/c1-44(2,3)77-43(65)53-26(9-7-8-15-49-38(61)27(21-81-82-45(4,5)6)54-42(64)71-18-24-10-12-25(13-11-24)56-57-48)40(62)76-35-30(75-39(34(35)60)59-23-52-33-36(47)50-22-51-37(33)59)20-73-80(69,70)78-28-17-32(58-16-14-31(46)55-41(58)63)74-29(28)19-72-79(66,67)68/h10-14,16,22-23,26-30,32,34-35,39,60H,7-9,15,17-21H2,1-6H3,(H,49,61)(H,53,65)(H,54,64)(H,69,70)(H2,46,55,63)(H2,47,50,51)(H2,66,67,68)/t26-,27?,28-,29+,30+,32+,34+,35+,39+/m0/s1. The number of nitrogen functional groups attached to an aromatic ring is 2. The number of anilines is 2.